The summed E-state index contributed by atoms with van der Waals surface area (Å²) < 4.78 is 5.98. The lowest BCUT2D eigenvalue weighted by atomic mass is 10.0. The fourth-order valence-corrected chi connectivity index (χ4v) is 2.80. The standard InChI is InChI=1S/C16H25N3O2/c1-5-18(6-2)14(20)10-19-11-16(3,4)21-13-9-7-8-12(17)15(13)19/h7-9H,5-6,10-11,17H2,1-4H3. The highest BCUT2D eigenvalue weighted by molar-refractivity contribution is 5.85. The number of anilines is 2. The third-order valence-electron chi connectivity index (χ3n) is 3.75. The molecule has 0 fully saturated rings. The quantitative estimate of drug-likeness (QED) is 0.863. The van der Waals surface area contributed by atoms with Crippen LogP contribution in [0.4, 0.5) is 11.4 Å². The van der Waals surface area contributed by atoms with Crippen LogP contribution < -0.4 is 15.4 Å². The number of nitrogen functional groups attached to an aromatic ring is 1. The molecule has 0 bridgehead atoms. The molecular weight excluding hydrogens is 266 g/mol. The molecule has 0 atom stereocenters. The van der Waals surface area contributed by atoms with Gasteiger partial charge in [0.05, 0.1) is 18.8 Å². The summed E-state index contributed by atoms with van der Waals surface area (Å²) in [6.45, 7) is 10.4. The smallest absolute Gasteiger partial charge is 0.242 e. The number of carbonyl (C=O) groups is 1. The molecule has 0 aromatic heterocycles. The first-order chi connectivity index (χ1) is 9.88. The zero-order valence-corrected chi connectivity index (χ0v) is 13.3. The Morgan fingerprint density at radius 1 is 1.38 bits per heavy atom. The SMILES string of the molecule is CCN(CC)C(=O)CN1CC(C)(C)Oc2cccc(N)c21. The van der Waals surface area contributed by atoms with Crippen molar-refractivity contribution in [1.29, 1.82) is 0 Å². The molecule has 1 heterocycles. The van der Waals surface area contributed by atoms with Gasteiger partial charge in [-0.05, 0) is 39.8 Å². The van der Waals surface area contributed by atoms with Gasteiger partial charge in [0.25, 0.3) is 0 Å². The van der Waals surface area contributed by atoms with Crippen LogP contribution in [0.15, 0.2) is 18.2 Å². The van der Waals surface area contributed by atoms with Crippen molar-refractivity contribution < 1.29 is 9.53 Å². The second-order valence-corrected chi connectivity index (χ2v) is 5.98. The van der Waals surface area contributed by atoms with Crippen LogP contribution in [0.1, 0.15) is 27.7 Å². The molecule has 0 saturated heterocycles. The van der Waals surface area contributed by atoms with Crippen molar-refractivity contribution in [2.45, 2.75) is 33.3 Å². The highest BCUT2D eigenvalue weighted by Gasteiger charge is 2.34. The molecule has 0 saturated carbocycles. The van der Waals surface area contributed by atoms with Crippen LogP contribution in [0.3, 0.4) is 0 Å². The summed E-state index contributed by atoms with van der Waals surface area (Å²) in [6, 6.07) is 5.62. The predicted molar refractivity (Wildman–Crippen MR) is 85.7 cm³/mol. The molecule has 5 nitrogen and oxygen atoms in total. The molecule has 1 amide bonds. The number of carbonyl (C=O) groups excluding carboxylic acids is 1. The zero-order valence-electron chi connectivity index (χ0n) is 13.3. The van der Waals surface area contributed by atoms with Gasteiger partial charge in [0, 0.05) is 13.1 Å². The number of hydrogen-bond acceptors (Lipinski definition) is 4. The van der Waals surface area contributed by atoms with E-state index in [1.807, 2.05) is 55.7 Å². The van der Waals surface area contributed by atoms with Gasteiger partial charge in [-0.1, -0.05) is 6.07 Å². The van der Waals surface area contributed by atoms with E-state index in [2.05, 4.69) is 0 Å². The molecule has 0 unspecified atom stereocenters. The average Bonchev–Trinajstić information content (AvgIpc) is 2.38. The van der Waals surface area contributed by atoms with Crippen molar-refractivity contribution in [3.8, 4) is 5.75 Å². The number of benzene rings is 1. The number of nitrogens with zero attached hydrogens (tertiary/aromatic N) is 2. The van der Waals surface area contributed by atoms with Crippen LogP contribution >= 0.6 is 0 Å². The maximum Gasteiger partial charge on any atom is 0.242 e. The first-order valence-corrected chi connectivity index (χ1v) is 7.48. The van der Waals surface area contributed by atoms with Gasteiger partial charge in [0.1, 0.15) is 17.0 Å². The highest BCUT2D eigenvalue weighted by Crippen LogP contribution is 2.40. The molecule has 2 N–H and O–H groups in total. The molecule has 0 spiro atoms. The Labute approximate surface area is 126 Å². The molecule has 0 aliphatic carbocycles. The van der Waals surface area contributed by atoms with Crippen molar-refractivity contribution in [3.63, 3.8) is 0 Å². The third-order valence-corrected chi connectivity index (χ3v) is 3.75. The molecule has 1 aromatic carbocycles. The molecule has 0 radical (unpaired) electrons. The van der Waals surface area contributed by atoms with Gasteiger partial charge in [-0.25, -0.2) is 0 Å². The topological polar surface area (TPSA) is 58.8 Å². The minimum absolute atomic E-state index is 0.118. The van der Waals surface area contributed by atoms with Crippen LogP contribution in [0.2, 0.25) is 0 Å². The van der Waals surface area contributed by atoms with Gasteiger partial charge in [0.2, 0.25) is 5.91 Å². The lowest BCUT2D eigenvalue weighted by Crippen LogP contribution is -2.50. The van der Waals surface area contributed by atoms with Crippen molar-refractivity contribution in [2.24, 2.45) is 0 Å². The highest BCUT2D eigenvalue weighted by atomic mass is 16.5. The summed E-state index contributed by atoms with van der Waals surface area (Å²) in [7, 11) is 0. The second kappa shape index (κ2) is 5.84. The average molecular weight is 291 g/mol. The van der Waals surface area contributed by atoms with Gasteiger partial charge in [-0.2, -0.15) is 0 Å². The van der Waals surface area contributed by atoms with Crippen LogP contribution in [-0.2, 0) is 4.79 Å². The van der Waals surface area contributed by atoms with Crippen molar-refractivity contribution in [2.75, 3.05) is 36.8 Å². The van der Waals surface area contributed by atoms with E-state index in [-0.39, 0.29) is 11.5 Å². The molecule has 2 rings (SSSR count). The summed E-state index contributed by atoms with van der Waals surface area (Å²) in [5.41, 5.74) is 7.23. The normalized spacial score (nSPS) is 16.1. The van der Waals surface area contributed by atoms with E-state index < -0.39 is 0 Å². The van der Waals surface area contributed by atoms with E-state index in [0.29, 0.717) is 18.8 Å². The summed E-state index contributed by atoms with van der Waals surface area (Å²) >= 11 is 0. The molecule has 1 aliphatic rings. The fourth-order valence-electron chi connectivity index (χ4n) is 2.80. The van der Waals surface area contributed by atoms with E-state index in [4.69, 9.17) is 10.5 Å². The minimum Gasteiger partial charge on any atom is -0.484 e. The van der Waals surface area contributed by atoms with E-state index in [1.54, 1.807) is 0 Å². The van der Waals surface area contributed by atoms with Crippen molar-refractivity contribution in [3.05, 3.63) is 18.2 Å². The number of para-hydroxylation sites is 1. The zero-order chi connectivity index (χ0) is 15.6. The molecule has 1 aromatic rings. The van der Waals surface area contributed by atoms with Gasteiger partial charge in [0.15, 0.2) is 0 Å². The van der Waals surface area contributed by atoms with E-state index in [1.165, 1.54) is 0 Å². The Kier molecular flexibility index (Phi) is 4.30. The predicted octanol–water partition coefficient (Wildman–Crippen LogP) is 2.11. The summed E-state index contributed by atoms with van der Waals surface area (Å²) in [5.74, 6) is 0.866. The van der Waals surface area contributed by atoms with Crippen LogP contribution in [0, 0.1) is 0 Å². The molecule has 116 valence electrons. The second-order valence-electron chi connectivity index (χ2n) is 5.98. The van der Waals surface area contributed by atoms with Gasteiger partial charge in [-0.15, -0.1) is 0 Å². The lowest BCUT2D eigenvalue weighted by molar-refractivity contribution is -0.129. The number of ether oxygens (including phenoxy) is 1. The fraction of sp³-hybridized carbons (Fsp3) is 0.562. The van der Waals surface area contributed by atoms with Crippen LogP contribution in [-0.4, -0.2) is 42.6 Å². The van der Waals surface area contributed by atoms with Gasteiger partial charge >= 0.3 is 0 Å². The number of amides is 1. The molecular formula is C16H25N3O2. The third kappa shape index (κ3) is 3.23. The minimum atomic E-state index is -0.343. The van der Waals surface area contributed by atoms with E-state index in [0.717, 1.165) is 24.5 Å². The lowest BCUT2D eigenvalue weighted by Gasteiger charge is -2.41. The summed E-state index contributed by atoms with van der Waals surface area (Å²) in [4.78, 5) is 16.3. The number of rotatable bonds is 4. The van der Waals surface area contributed by atoms with E-state index in [9.17, 15) is 4.79 Å². The number of nitrogens with two attached hydrogens (primary N) is 1. The number of fused-ring (bicyclic) bond motifs is 1. The molecule has 5 heteroatoms. The molecule has 1 aliphatic heterocycles. The first-order valence-electron chi connectivity index (χ1n) is 7.48. The van der Waals surface area contributed by atoms with Crippen LogP contribution in [0.25, 0.3) is 0 Å². The van der Waals surface area contributed by atoms with Gasteiger partial charge in [-0.3, -0.25) is 4.79 Å². The summed E-state index contributed by atoms with van der Waals surface area (Å²) in [6.07, 6.45) is 0. The van der Waals surface area contributed by atoms with E-state index >= 15 is 0 Å². The van der Waals surface area contributed by atoms with Crippen molar-refractivity contribution in [1.82, 2.24) is 4.90 Å². The Bertz CT molecular complexity index is 524. The Morgan fingerprint density at radius 3 is 2.67 bits per heavy atom. The maximum atomic E-state index is 12.4. The summed E-state index contributed by atoms with van der Waals surface area (Å²) in [5, 5.41) is 0. The monoisotopic (exact) mass is 291 g/mol. The largest absolute Gasteiger partial charge is 0.484 e. The molecule has 21 heavy (non-hydrogen) atoms. The number of likely N-dealkylation sites (N-methyl/N-ethyl adjacent to an activating group) is 1. The Morgan fingerprint density at radius 2 is 2.05 bits per heavy atom. The maximum absolute atomic E-state index is 12.4. The Balaban J connectivity index is 2.29. The Hall–Kier alpha value is -1.91. The van der Waals surface area contributed by atoms with Crippen molar-refractivity contribution >= 4 is 17.3 Å². The van der Waals surface area contributed by atoms with Gasteiger partial charge < -0.3 is 20.3 Å². The number of hydrogen-bond donors (Lipinski definition) is 1. The first kappa shape index (κ1) is 15.5. The van der Waals surface area contributed by atoms with Crippen LogP contribution in [0.5, 0.6) is 5.75 Å².